The second-order valence-electron chi connectivity index (χ2n) is 6.09. The summed E-state index contributed by atoms with van der Waals surface area (Å²) >= 11 is 0. The van der Waals surface area contributed by atoms with E-state index in [1.165, 1.54) is 0 Å². The van der Waals surface area contributed by atoms with Crippen LogP contribution in [0.2, 0.25) is 0 Å². The molecule has 1 rings (SSSR count). The molecule has 7 heteroatoms. The monoisotopic (exact) mass is 343 g/mol. The highest BCUT2D eigenvalue weighted by molar-refractivity contribution is 5.85. The maximum atomic E-state index is 12.1. The highest BCUT2D eigenvalue weighted by atomic mass is 35.5. The summed E-state index contributed by atoms with van der Waals surface area (Å²) in [6, 6.07) is 0.389. The number of nitrogens with zero attached hydrogens (tertiary/aromatic N) is 1. The summed E-state index contributed by atoms with van der Waals surface area (Å²) in [5.74, 6) is 0.705. The van der Waals surface area contributed by atoms with Crippen molar-refractivity contribution in [2.24, 2.45) is 5.92 Å². The van der Waals surface area contributed by atoms with E-state index in [2.05, 4.69) is 29.4 Å². The van der Waals surface area contributed by atoms with Crippen molar-refractivity contribution in [2.45, 2.75) is 38.8 Å². The van der Waals surface area contributed by atoms with Crippen LogP contribution in [-0.2, 0) is 9.53 Å². The molecular weight excluding hydrogens is 313 g/mol. The average molecular weight is 344 g/mol. The van der Waals surface area contributed by atoms with Crippen LogP contribution in [0.5, 0.6) is 0 Å². The first-order valence-corrected chi connectivity index (χ1v) is 7.22. The summed E-state index contributed by atoms with van der Waals surface area (Å²) in [7, 11) is 4.08. The first-order valence-electron chi connectivity index (χ1n) is 7.22. The van der Waals surface area contributed by atoms with Gasteiger partial charge in [-0.3, -0.25) is 4.79 Å². The summed E-state index contributed by atoms with van der Waals surface area (Å²) < 4.78 is 5.37. The molecule has 2 atom stereocenters. The van der Waals surface area contributed by atoms with E-state index in [9.17, 15) is 4.79 Å². The van der Waals surface area contributed by atoms with Crippen LogP contribution in [0, 0.1) is 5.92 Å². The molecular formula is C14H31Cl2N3O2. The molecule has 1 heterocycles. The zero-order valence-corrected chi connectivity index (χ0v) is 15.2. The number of likely N-dealkylation sites (N-methyl/N-ethyl adjacent to an activating group) is 1. The lowest BCUT2D eigenvalue weighted by Gasteiger charge is -2.27. The number of hydrogen-bond acceptors (Lipinski definition) is 4. The Morgan fingerprint density at radius 1 is 1.38 bits per heavy atom. The van der Waals surface area contributed by atoms with Gasteiger partial charge in [-0.15, -0.1) is 24.8 Å². The van der Waals surface area contributed by atoms with Gasteiger partial charge in [-0.25, -0.2) is 0 Å². The van der Waals surface area contributed by atoms with Crippen molar-refractivity contribution in [3.63, 3.8) is 0 Å². The minimum Gasteiger partial charge on any atom is -0.378 e. The van der Waals surface area contributed by atoms with Gasteiger partial charge in [0.25, 0.3) is 0 Å². The molecule has 1 saturated heterocycles. The van der Waals surface area contributed by atoms with Gasteiger partial charge in [0.2, 0.25) is 5.91 Å². The van der Waals surface area contributed by atoms with E-state index in [0.29, 0.717) is 18.9 Å². The number of amides is 1. The molecule has 0 aliphatic carbocycles. The van der Waals surface area contributed by atoms with Crippen LogP contribution in [-0.4, -0.2) is 63.3 Å². The second-order valence-corrected chi connectivity index (χ2v) is 6.09. The fourth-order valence-electron chi connectivity index (χ4n) is 2.45. The number of hydrogen-bond donors (Lipinski definition) is 2. The molecule has 1 aliphatic heterocycles. The normalized spacial score (nSPS) is 19.6. The Bertz CT molecular complexity index is 263. The molecule has 0 aromatic heterocycles. The Hall–Kier alpha value is -0.0700. The molecule has 0 saturated carbocycles. The Balaban J connectivity index is 0. The van der Waals surface area contributed by atoms with E-state index in [1.54, 1.807) is 0 Å². The number of carbonyl (C=O) groups excluding carboxylic acids is 1. The van der Waals surface area contributed by atoms with Crippen LogP contribution in [0.1, 0.15) is 26.7 Å². The molecule has 2 N–H and O–H groups in total. The molecule has 128 valence electrons. The first-order chi connectivity index (χ1) is 8.97. The van der Waals surface area contributed by atoms with E-state index >= 15 is 0 Å². The minimum absolute atomic E-state index is 0. The molecule has 0 radical (unpaired) electrons. The third-order valence-electron chi connectivity index (χ3n) is 3.14. The van der Waals surface area contributed by atoms with Crippen molar-refractivity contribution in [1.29, 1.82) is 0 Å². The predicted octanol–water partition coefficient (Wildman–Crippen LogP) is 1.30. The van der Waals surface area contributed by atoms with Gasteiger partial charge in [0.1, 0.15) is 0 Å². The highest BCUT2D eigenvalue weighted by Crippen LogP contribution is 2.07. The second kappa shape index (κ2) is 12.5. The fraction of sp³-hybridized carbons (Fsp3) is 0.929. The van der Waals surface area contributed by atoms with E-state index < -0.39 is 0 Å². The van der Waals surface area contributed by atoms with Crippen LogP contribution < -0.4 is 10.6 Å². The number of nitrogens with one attached hydrogen (secondary N) is 2. The minimum atomic E-state index is 0. The van der Waals surface area contributed by atoms with Gasteiger partial charge in [0.15, 0.2) is 0 Å². The third-order valence-corrected chi connectivity index (χ3v) is 3.14. The van der Waals surface area contributed by atoms with Crippen LogP contribution in [0.3, 0.4) is 0 Å². The molecule has 21 heavy (non-hydrogen) atoms. The predicted molar refractivity (Wildman–Crippen MR) is 91.7 cm³/mol. The maximum Gasteiger partial charge on any atom is 0.221 e. The number of ether oxygens (including phenoxy) is 1. The Kier molecular flexibility index (Phi) is 13.8. The van der Waals surface area contributed by atoms with Gasteiger partial charge < -0.3 is 20.3 Å². The van der Waals surface area contributed by atoms with Gasteiger partial charge in [0, 0.05) is 31.6 Å². The molecule has 1 amide bonds. The smallest absolute Gasteiger partial charge is 0.221 e. The lowest BCUT2D eigenvalue weighted by atomic mass is 10.0. The zero-order valence-electron chi connectivity index (χ0n) is 13.6. The highest BCUT2D eigenvalue weighted by Gasteiger charge is 2.20. The van der Waals surface area contributed by atoms with Gasteiger partial charge in [-0.2, -0.15) is 0 Å². The lowest BCUT2D eigenvalue weighted by Crippen LogP contribution is -2.47. The van der Waals surface area contributed by atoms with Crippen molar-refractivity contribution in [1.82, 2.24) is 15.5 Å². The Labute approximate surface area is 141 Å². The number of halogens is 2. The largest absolute Gasteiger partial charge is 0.378 e. The first kappa shape index (κ1) is 23.2. The molecule has 5 nitrogen and oxygen atoms in total. The molecule has 0 spiro atoms. The van der Waals surface area contributed by atoms with Crippen molar-refractivity contribution < 1.29 is 9.53 Å². The summed E-state index contributed by atoms with van der Waals surface area (Å²) in [5.41, 5.74) is 0. The van der Waals surface area contributed by atoms with Gasteiger partial charge in [0.05, 0.1) is 13.2 Å². The Morgan fingerprint density at radius 3 is 2.52 bits per heavy atom. The molecule has 0 bridgehead atoms. The molecule has 0 aromatic carbocycles. The summed E-state index contributed by atoms with van der Waals surface area (Å²) in [5, 5.41) is 6.46. The van der Waals surface area contributed by atoms with Crippen LogP contribution in [0.15, 0.2) is 0 Å². The van der Waals surface area contributed by atoms with Gasteiger partial charge in [-0.1, -0.05) is 13.8 Å². The van der Waals surface area contributed by atoms with Crippen molar-refractivity contribution in [3.8, 4) is 0 Å². The zero-order chi connectivity index (χ0) is 14.3. The summed E-state index contributed by atoms with van der Waals surface area (Å²) in [6.45, 7) is 7.48. The van der Waals surface area contributed by atoms with E-state index in [4.69, 9.17) is 4.74 Å². The van der Waals surface area contributed by atoms with E-state index in [0.717, 1.165) is 26.1 Å². The molecule has 1 fully saturated rings. The van der Waals surface area contributed by atoms with Crippen LogP contribution in [0.25, 0.3) is 0 Å². The SMILES string of the molecule is CC(C)CC(CN(C)C)NC(=O)CC1COCCN1.Cl.Cl. The molecule has 0 aromatic rings. The van der Waals surface area contributed by atoms with Crippen molar-refractivity contribution in [3.05, 3.63) is 0 Å². The number of morpholine rings is 1. The number of rotatable bonds is 7. The quantitative estimate of drug-likeness (QED) is 0.731. The molecule has 1 aliphatic rings. The van der Waals surface area contributed by atoms with E-state index in [-0.39, 0.29) is 42.8 Å². The summed E-state index contributed by atoms with van der Waals surface area (Å²) in [6.07, 6.45) is 1.51. The van der Waals surface area contributed by atoms with Crippen LogP contribution >= 0.6 is 24.8 Å². The third kappa shape index (κ3) is 11.2. The van der Waals surface area contributed by atoms with Gasteiger partial charge in [-0.05, 0) is 26.4 Å². The Morgan fingerprint density at radius 2 is 2.05 bits per heavy atom. The fourth-order valence-corrected chi connectivity index (χ4v) is 2.45. The standard InChI is InChI=1S/C14H29N3O2.2ClH/c1-11(2)7-12(9-17(3)4)16-14(18)8-13-10-19-6-5-15-13;;/h11-13,15H,5-10H2,1-4H3,(H,16,18);2*1H. The summed E-state index contributed by atoms with van der Waals surface area (Å²) in [4.78, 5) is 14.2. The number of carbonyl (C=O) groups is 1. The maximum absolute atomic E-state index is 12.1. The van der Waals surface area contributed by atoms with Crippen LogP contribution in [0.4, 0.5) is 0 Å². The molecule has 2 unspecified atom stereocenters. The lowest BCUT2D eigenvalue weighted by molar-refractivity contribution is -0.123. The van der Waals surface area contributed by atoms with Crippen molar-refractivity contribution >= 4 is 30.7 Å². The topological polar surface area (TPSA) is 53.6 Å². The average Bonchev–Trinajstić information content (AvgIpc) is 2.27. The van der Waals surface area contributed by atoms with Gasteiger partial charge >= 0.3 is 0 Å². The van der Waals surface area contributed by atoms with E-state index in [1.807, 2.05) is 14.1 Å². The van der Waals surface area contributed by atoms with Crippen molar-refractivity contribution in [2.75, 3.05) is 40.4 Å².